The molecular weight excluding hydrogens is 197 g/mol. The van der Waals surface area contributed by atoms with E-state index < -0.39 is 28.9 Å². The normalized spacial score (nSPS) is 31.7. The lowest BCUT2D eigenvalue weighted by molar-refractivity contribution is -0.161. The molecule has 1 saturated heterocycles. The molecule has 0 saturated carbocycles. The van der Waals surface area contributed by atoms with E-state index in [1.807, 2.05) is 0 Å². The Kier molecular flexibility index (Phi) is 2.93. The molecule has 1 rings (SSSR count). The molecule has 15 heavy (non-hydrogen) atoms. The first-order chi connectivity index (χ1) is 6.64. The molecule has 82 valence electrons. The Balaban J connectivity index is 2.74. The summed E-state index contributed by atoms with van der Waals surface area (Å²) in [5.41, 5.74) is -2.84. The van der Waals surface area contributed by atoms with Crippen LogP contribution in [0, 0.1) is 0 Å². The highest BCUT2D eigenvalue weighted by atomic mass is 16.6. The van der Waals surface area contributed by atoms with E-state index in [0.717, 1.165) is 0 Å². The molecule has 0 aromatic carbocycles. The lowest BCUT2D eigenvalue weighted by Crippen LogP contribution is -2.53. The second kappa shape index (κ2) is 3.61. The number of ether oxygens (including phenoxy) is 1. The number of carbonyl (C=O) groups is 2. The third kappa shape index (κ3) is 2.57. The van der Waals surface area contributed by atoms with Gasteiger partial charge in [0.25, 0.3) is 0 Å². The fourth-order valence-electron chi connectivity index (χ4n) is 1.28. The summed E-state index contributed by atoms with van der Waals surface area (Å²) < 4.78 is 5.01. The molecule has 2 radical (unpaired) electrons. The van der Waals surface area contributed by atoms with Gasteiger partial charge in [-0.05, 0) is 20.8 Å². The quantitative estimate of drug-likeness (QED) is 0.417. The third-order valence-corrected chi connectivity index (χ3v) is 2.00. The Labute approximate surface area is 89.6 Å². The second-order valence-electron chi connectivity index (χ2n) is 4.60. The van der Waals surface area contributed by atoms with Crippen LogP contribution in [-0.4, -0.2) is 48.4 Å². The minimum absolute atomic E-state index is 0.128. The molecule has 0 spiro atoms. The molecule has 0 aromatic heterocycles. The van der Waals surface area contributed by atoms with Crippen LogP contribution < -0.4 is 5.32 Å². The van der Waals surface area contributed by atoms with Crippen molar-refractivity contribution >= 4 is 19.6 Å². The average molecular weight is 211 g/mol. The zero-order valence-corrected chi connectivity index (χ0v) is 9.03. The Morgan fingerprint density at radius 2 is 2.20 bits per heavy atom. The first kappa shape index (κ1) is 12.2. The predicted octanol–water partition coefficient (Wildman–Crippen LogP) is -1.27. The maximum Gasteiger partial charge on any atom is 0.326 e. The van der Waals surface area contributed by atoms with Gasteiger partial charge in [0.1, 0.15) is 25.0 Å². The highest BCUT2D eigenvalue weighted by Crippen LogP contribution is 2.18. The number of hydrogen-bond acceptors (Lipinski definition) is 5. The van der Waals surface area contributed by atoms with Gasteiger partial charge in [-0.2, -0.15) is 0 Å². The summed E-state index contributed by atoms with van der Waals surface area (Å²) in [6.45, 7) is 4.95. The minimum atomic E-state index is -2.16. The van der Waals surface area contributed by atoms with Crippen LogP contribution in [0.2, 0.25) is 0 Å². The Morgan fingerprint density at radius 1 is 1.67 bits per heavy atom. The fraction of sp³-hybridized carbons (Fsp3) is 0.778. The van der Waals surface area contributed by atoms with Gasteiger partial charge in [-0.1, -0.05) is 0 Å². The molecule has 5 nitrogen and oxygen atoms in total. The van der Waals surface area contributed by atoms with Crippen LogP contribution in [0.15, 0.2) is 0 Å². The van der Waals surface area contributed by atoms with Crippen molar-refractivity contribution < 1.29 is 19.4 Å². The summed E-state index contributed by atoms with van der Waals surface area (Å²) in [7, 11) is 5.33. The van der Waals surface area contributed by atoms with E-state index in [9.17, 15) is 14.7 Å². The van der Waals surface area contributed by atoms with Crippen LogP contribution in [0.25, 0.3) is 0 Å². The van der Waals surface area contributed by atoms with E-state index in [-0.39, 0.29) is 6.54 Å². The zero-order chi connectivity index (χ0) is 11.9. The van der Waals surface area contributed by atoms with E-state index >= 15 is 0 Å². The minimum Gasteiger partial charge on any atom is -0.459 e. The third-order valence-electron chi connectivity index (χ3n) is 2.00. The van der Waals surface area contributed by atoms with Crippen molar-refractivity contribution in [2.45, 2.75) is 37.9 Å². The van der Waals surface area contributed by atoms with E-state index in [1.54, 1.807) is 20.8 Å². The highest BCUT2D eigenvalue weighted by molar-refractivity contribution is 6.31. The molecule has 2 unspecified atom stereocenters. The van der Waals surface area contributed by atoms with E-state index in [0.29, 0.717) is 0 Å². The molecule has 0 bridgehead atoms. The summed E-state index contributed by atoms with van der Waals surface area (Å²) in [6, 6.07) is -1.19. The van der Waals surface area contributed by atoms with E-state index in [1.165, 1.54) is 0 Å². The van der Waals surface area contributed by atoms with Crippen LogP contribution in [0.4, 0.5) is 0 Å². The SMILES string of the molecule is [B]C1(O)C(=O)CNC1C(=O)OC(C)(C)C. The molecule has 1 fully saturated rings. The number of esters is 1. The number of rotatable bonds is 1. The van der Waals surface area contributed by atoms with Crippen molar-refractivity contribution in [2.75, 3.05) is 6.54 Å². The number of hydrogen-bond donors (Lipinski definition) is 2. The van der Waals surface area contributed by atoms with Crippen molar-refractivity contribution in [1.82, 2.24) is 5.32 Å². The van der Waals surface area contributed by atoms with Gasteiger partial charge in [-0.3, -0.25) is 14.9 Å². The Morgan fingerprint density at radius 3 is 2.53 bits per heavy atom. The number of nitrogens with one attached hydrogen (secondary N) is 1. The molecule has 6 heteroatoms. The number of Topliss-reactive ketones (excluding diaryl/α,β-unsaturated/α-hetero) is 1. The molecule has 2 N–H and O–H groups in total. The summed E-state index contributed by atoms with van der Waals surface area (Å²) in [5, 5.41) is 12.1. The number of carbonyl (C=O) groups excluding carboxylic acids is 2. The Hall–Kier alpha value is -0.875. The smallest absolute Gasteiger partial charge is 0.326 e. The summed E-state index contributed by atoms with van der Waals surface area (Å²) in [6.07, 6.45) is 0. The zero-order valence-electron chi connectivity index (χ0n) is 9.03. The first-order valence-electron chi connectivity index (χ1n) is 4.65. The van der Waals surface area contributed by atoms with Gasteiger partial charge >= 0.3 is 5.97 Å². The van der Waals surface area contributed by atoms with E-state index in [2.05, 4.69) is 5.32 Å². The molecule has 1 aliphatic heterocycles. The van der Waals surface area contributed by atoms with Crippen molar-refractivity contribution in [3.8, 4) is 0 Å². The van der Waals surface area contributed by atoms with Gasteiger partial charge in [0.2, 0.25) is 0 Å². The molecule has 0 aliphatic carbocycles. The molecule has 1 heterocycles. The lowest BCUT2D eigenvalue weighted by Gasteiger charge is -2.27. The summed E-state index contributed by atoms with van der Waals surface area (Å²) >= 11 is 0. The van der Waals surface area contributed by atoms with Gasteiger partial charge in [-0.25, -0.2) is 0 Å². The maximum absolute atomic E-state index is 11.5. The van der Waals surface area contributed by atoms with E-state index in [4.69, 9.17) is 12.6 Å². The topological polar surface area (TPSA) is 75.6 Å². The van der Waals surface area contributed by atoms with Gasteiger partial charge in [-0.15, -0.1) is 0 Å². The van der Waals surface area contributed by atoms with Gasteiger partial charge in [0.15, 0.2) is 5.78 Å². The van der Waals surface area contributed by atoms with Crippen LogP contribution in [0.5, 0.6) is 0 Å². The predicted molar refractivity (Wildman–Crippen MR) is 53.3 cm³/mol. The molecular formula is C9H14BNO4. The van der Waals surface area contributed by atoms with Crippen molar-refractivity contribution in [1.29, 1.82) is 0 Å². The fourth-order valence-corrected chi connectivity index (χ4v) is 1.28. The number of aliphatic hydroxyl groups is 1. The van der Waals surface area contributed by atoms with Crippen molar-refractivity contribution in [3.63, 3.8) is 0 Å². The maximum atomic E-state index is 11.5. The summed E-state index contributed by atoms with van der Waals surface area (Å²) in [4.78, 5) is 22.7. The molecule has 0 amide bonds. The molecule has 2 atom stereocenters. The monoisotopic (exact) mass is 211 g/mol. The number of ketones is 1. The van der Waals surface area contributed by atoms with Crippen LogP contribution in [0.3, 0.4) is 0 Å². The highest BCUT2D eigenvalue weighted by Gasteiger charge is 2.49. The van der Waals surface area contributed by atoms with Gasteiger partial charge < -0.3 is 9.84 Å². The largest absolute Gasteiger partial charge is 0.459 e. The van der Waals surface area contributed by atoms with Crippen LogP contribution in [-0.2, 0) is 14.3 Å². The van der Waals surface area contributed by atoms with Crippen LogP contribution in [0.1, 0.15) is 20.8 Å². The molecule has 0 aromatic rings. The van der Waals surface area contributed by atoms with Gasteiger partial charge in [0, 0.05) is 0 Å². The average Bonchev–Trinajstić information content (AvgIpc) is 2.23. The van der Waals surface area contributed by atoms with Crippen molar-refractivity contribution in [2.24, 2.45) is 0 Å². The summed E-state index contributed by atoms with van der Waals surface area (Å²) in [5.74, 6) is -1.34. The van der Waals surface area contributed by atoms with Crippen LogP contribution >= 0.6 is 0 Å². The standard InChI is InChI=1S/C9H14BNO4/c1-8(2,3)15-7(13)6-9(10,14)5(12)4-11-6/h6,11,14H,4H2,1-3H3. The second-order valence-corrected chi connectivity index (χ2v) is 4.60. The first-order valence-corrected chi connectivity index (χ1v) is 4.65. The Bertz CT molecular complexity index is 295. The lowest BCUT2D eigenvalue weighted by atomic mass is 9.75. The van der Waals surface area contributed by atoms with Gasteiger partial charge in [0.05, 0.1) is 6.54 Å². The van der Waals surface area contributed by atoms with Crippen molar-refractivity contribution in [3.05, 3.63) is 0 Å². The molecule has 1 aliphatic rings.